The van der Waals surface area contributed by atoms with E-state index >= 15 is 0 Å². The highest BCUT2D eigenvalue weighted by molar-refractivity contribution is 7.09. The SMILES string of the molecule is Cc1nc(CCNCC(N)C(N)=O)cs1. The van der Waals surface area contributed by atoms with Crippen molar-refractivity contribution >= 4 is 17.2 Å². The lowest BCUT2D eigenvalue weighted by Crippen LogP contribution is -2.44. The summed E-state index contributed by atoms with van der Waals surface area (Å²) in [6, 6.07) is -0.609. The van der Waals surface area contributed by atoms with Crippen molar-refractivity contribution in [3.8, 4) is 0 Å². The maximum atomic E-state index is 10.6. The number of nitrogens with one attached hydrogen (secondary N) is 1. The fourth-order valence-electron chi connectivity index (χ4n) is 1.10. The summed E-state index contributed by atoms with van der Waals surface area (Å²) >= 11 is 1.64. The van der Waals surface area contributed by atoms with Gasteiger partial charge in [0.05, 0.1) is 16.7 Å². The summed E-state index contributed by atoms with van der Waals surface area (Å²) in [5, 5.41) is 6.16. The fourth-order valence-corrected chi connectivity index (χ4v) is 1.74. The van der Waals surface area contributed by atoms with Crippen LogP contribution in [-0.4, -0.2) is 30.0 Å². The smallest absolute Gasteiger partial charge is 0.235 e. The van der Waals surface area contributed by atoms with Crippen molar-refractivity contribution in [2.75, 3.05) is 13.1 Å². The molecule has 0 saturated carbocycles. The van der Waals surface area contributed by atoms with Gasteiger partial charge < -0.3 is 16.8 Å². The van der Waals surface area contributed by atoms with E-state index in [0.29, 0.717) is 6.54 Å². The zero-order valence-electron chi connectivity index (χ0n) is 8.69. The number of nitrogens with two attached hydrogens (primary N) is 2. The van der Waals surface area contributed by atoms with Crippen LogP contribution in [0.25, 0.3) is 0 Å². The molecule has 15 heavy (non-hydrogen) atoms. The molecule has 0 aliphatic rings. The van der Waals surface area contributed by atoms with Crippen LogP contribution in [0.2, 0.25) is 0 Å². The minimum absolute atomic E-state index is 0.415. The molecule has 0 spiro atoms. The quantitative estimate of drug-likeness (QED) is 0.566. The van der Waals surface area contributed by atoms with Gasteiger partial charge in [-0.25, -0.2) is 4.98 Å². The zero-order valence-corrected chi connectivity index (χ0v) is 9.51. The standard InChI is InChI=1S/C9H16N4OS/c1-6-13-7(5-15-6)2-3-12-4-8(10)9(11)14/h5,8,12H,2-4,10H2,1H3,(H2,11,14). The lowest BCUT2D eigenvalue weighted by atomic mass is 10.3. The van der Waals surface area contributed by atoms with Crippen LogP contribution >= 0.6 is 11.3 Å². The van der Waals surface area contributed by atoms with Crippen LogP contribution in [0.15, 0.2) is 5.38 Å². The van der Waals surface area contributed by atoms with Gasteiger partial charge in [0.2, 0.25) is 5.91 Å². The topological polar surface area (TPSA) is 94.0 Å². The summed E-state index contributed by atoms with van der Waals surface area (Å²) in [5.41, 5.74) is 11.5. The van der Waals surface area contributed by atoms with E-state index in [1.165, 1.54) is 0 Å². The molecule has 1 unspecified atom stereocenters. The Morgan fingerprint density at radius 2 is 2.47 bits per heavy atom. The molecule has 0 aliphatic heterocycles. The molecule has 1 atom stereocenters. The van der Waals surface area contributed by atoms with E-state index in [0.717, 1.165) is 23.7 Å². The molecule has 0 radical (unpaired) electrons. The van der Waals surface area contributed by atoms with Crippen molar-refractivity contribution in [1.82, 2.24) is 10.3 Å². The Labute approximate surface area is 92.9 Å². The third-order valence-electron chi connectivity index (χ3n) is 1.95. The Bertz CT molecular complexity index is 326. The number of thiazole rings is 1. The maximum absolute atomic E-state index is 10.6. The fraction of sp³-hybridized carbons (Fsp3) is 0.556. The van der Waals surface area contributed by atoms with Gasteiger partial charge in [-0.2, -0.15) is 0 Å². The van der Waals surface area contributed by atoms with Crippen molar-refractivity contribution in [1.29, 1.82) is 0 Å². The number of rotatable bonds is 6. The molecular weight excluding hydrogens is 212 g/mol. The molecular formula is C9H16N4OS. The number of aromatic nitrogens is 1. The molecule has 6 heteroatoms. The van der Waals surface area contributed by atoms with E-state index in [1.807, 2.05) is 12.3 Å². The number of nitrogens with zero attached hydrogens (tertiary/aromatic N) is 1. The van der Waals surface area contributed by atoms with Crippen molar-refractivity contribution in [2.45, 2.75) is 19.4 Å². The summed E-state index contributed by atoms with van der Waals surface area (Å²) in [6.45, 7) is 3.15. The van der Waals surface area contributed by atoms with Gasteiger partial charge in [0.1, 0.15) is 0 Å². The first-order valence-corrected chi connectivity index (χ1v) is 5.64. The molecule has 0 bridgehead atoms. The summed E-state index contributed by atoms with van der Waals surface area (Å²) < 4.78 is 0. The first kappa shape index (κ1) is 12.1. The summed E-state index contributed by atoms with van der Waals surface area (Å²) in [5.74, 6) is -0.480. The Hall–Kier alpha value is -0.980. The summed E-state index contributed by atoms with van der Waals surface area (Å²) in [7, 11) is 0. The second-order valence-electron chi connectivity index (χ2n) is 3.32. The highest BCUT2D eigenvalue weighted by Gasteiger charge is 2.07. The molecule has 1 aromatic heterocycles. The Balaban J connectivity index is 2.14. The van der Waals surface area contributed by atoms with Crippen LogP contribution in [0.3, 0.4) is 0 Å². The minimum Gasteiger partial charge on any atom is -0.368 e. The van der Waals surface area contributed by atoms with Gasteiger partial charge in [-0.3, -0.25) is 4.79 Å². The van der Waals surface area contributed by atoms with Gasteiger partial charge >= 0.3 is 0 Å². The van der Waals surface area contributed by atoms with Crippen LogP contribution < -0.4 is 16.8 Å². The molecule has 5 N–H and O–H groups in total. The van der Waals surface area contributed by atoms with Crippen LogP contribution in [-0.2, 0) is 11.2 Å². The third-order valence-corrected chi connectivity index (χ3v) is 2.78. The molecule has 0 aromatic carbocycles. The zero-order chi connectivity index (χ0) is 11.3. The molecule has 0 saturated heterocycles. The molecule has 1 aromatic rings. The number of hydrogen-bond acceptors (Lipinski definition) is 5. The van der Waals surface area contributed by atoms with Crippen molar-refractivity contribution < 1.29 is 4.79 Å². The highest BCUT2D eigenvalue weighted by Crippen LogP contribution is 2.07. The van der Waals surface area contributed by atoms with E-state index in [-0.39, 0.29) is 0 Å². The van der Waals surface area contributed by atoms with E-state index in [4.69, 9.17) is 11.5 Å². The van der Waals surface area contributed by atoms with Crippen LogP contribution in [0.5, 0.6) is 0 Å². The third kappa shape index (κ3) is 4.37. The largest absolute Gasteiger partial charge is 0.368 e. The van der Waals surface area contributed by atoms with E-state index in [2.05, 4.69) is 10.3 Å². The van der Waals surface area contributed by atoms with Gasteiger partial charge in [-0.1, -0.05) is 0 Å². The maximum Gasteiger partial charge on any atom is 0.235 e. The number of carbonyl (C=O) groups excluding carboxylic acids is 1. The molecule has 84 valence electrons. The van der Waals surface area contributed by atoms with Crippen molar-refractivity contribution in [3.05, 3.63) is 16.1 Å². The Morgan fingerprint density at radius 1 is 1.73 bits per heavy atom. The van der Waals surface area contributed by atoms with Crippen LogP contribution in [0.4, 0.5) is 0 Å². The van der Waals surface area contributed by atoms with E-state index in [1.54, 1.807) is 11.3 Å². The Morgan fingerprint density at radius 3 is 3.00 bits per heavy atom. The second kappa shape index (κ2) is 5.79. The van der Waals surface area contributed by atoms with E-state index < -0.39 is 11.9 Å². The van der Waals surface area contributed by atoms with Crippen molar-refractivity contribution in [2.24, 2.45) is 11.5 Å². The highest BCUT2D eigenvalue weighted by atomic mass is 32.1. The lowest BCUT2D eigenvalue weighted by Gasteiger charge is -2.07. The normalized spacial score (nSPS) is 12.7. The predicted molar refractivity (Wildman–Crippen MR) is 60.6 cm³/mol. The second-order valence-corrected chi connectivity index (χ2v) is 4.38. The monoisotopic (exact) mass is 228 g/mol. The number of aryl methyl sites for hydroxylation is 1. The first-order chi connectivity index (χ1) is 7.09. The molecule has 0 fully saturated rings. The first-order valence-electron chi connectivity index (χ1n) is 4.76. The molecule has 1 rings (SSSR count). The molecule has 1 amide bonds. The number of hydrogen-bond donors (Lipinski definition) is 3. The average Bonchev–Trinajstić information content (AvgIpc) is 2.58. The van der Waals surface area contributed by atoms with Gasteiger partial charge in [0.25, 0.3) is 0 Å². The summed E-state index contributed by atoms with van der Waals surface area (Å²) in [6.07, 6.45) is 0.843. The Kier molecular flexibility index (Phi) is 4.67. The van der Waals surface area contributed by atoms with Gasteiger partial charge in [-0.05, 0) is 6.92 Å². The van der Waals surface area contributed by atoms with Crippen LogP contribution in [0, 0.1) is 6.92 Å². The molecule has 0 aliphatic carbocycles. The molecule has 5 nitrogen and oxygen atoms in total. The van der Waals surface area contributed by atoms with Crippen molar-refractivity contribution in [3.63, 3.8) is 0 Å². The summed E-state index contributed by atoms with van der Waals surface area (Å²) in [4.78, 5) is 14.9. The van der Waals surface area contributed by atoms with E-state index in [9.17, 15) is 4.79 Å². The molecule has 1 heterocycles. The van der Waals surface area contributed by atoms with Gasteiger partial charge in [0.15, 0.2) is 0 Å². The number of primary amides is 1. The average molecular weight is 228 g/mol. The van der Waals surface area contributed by atoms with Crippen LogP contribution in [0.1, 0.15) is 10.7 Å². The lowest BCUT2D eigenvalue weighted by molar-refractivity contribution is -0.119. The van der Waals surface area contributed by atoms with Gasteiger partial charge in [0, 0.05) is 24.9 Å². The number of carbonyl (C=O) groups is 1. The predicted octanol–water partition coefficient (Wildman–Crippen LogP) is -0.604. The van der Waals surface area contributed by atoms with Gasteiger partial charge in [-0.15, -0.1) is 11.3 Å². The minimum atomic E-state index is -0.609. The number of amides is 1.